The van der Waals surface area contributed by atoms with Gasteiger partial charge in [0.15, 0.2) is 11.6 Å². The van der Waals surface area contributed by atoms with Gasteiger partial charge in [-0.15, -0.1) is 11.3 Å². The van der Waals surface area contributed by atoms with Crippen LogP contribution in [0.1, 0.15) is 11.3 Å². The van der Waals surface area contributed by atoms with Crippen molar-refractivity contribution in [3.63, 3.8) is 0 Å². The Bertz CT molecular complexity index is 1650. The molecule has 3 heterocycles. The van der Waals surface area contributed by atoms with Gasteiger partial charge in [-0.1, -0.05) is 12.1 Å². The molecule has 0 bridgehead atoms. The van der Waals surface area contributed by atoms with E-state index in [-0.39, 0.29) is 17.9 Å². The Kier molecular flexibility index (Phi) is 7.29. The minimum Gasteiger partial charge on any atom is -0.497 e. The van der Waals surface area contributed by atoms with Gasteiger partial charge < -0.3 is 18.6 Å². The van der Waals surface area contributed by atoms with E-state index in [1.165, 1.54) is 11.3 Å². The molecule has 0 saturated carbocycles. The Morgan fingerprint density at radius 2 is 1.72 bits per heavy atom. The van der Waals surface area contributed by atoms with Crippen LogP contribution in [-0.4, -0.2) is 42.1 Å². The number of rotatable bonds is 9. The SMILES string of the molecule is COc1ccc(-c2oc(NC(=O)COC(=O)Cc3cn4ccsc4n3)c(C#N)c2-c2ccc(OC)cc2)cc1. The highest BCUT2D eigenvalue weighted by Gasteiger charge is 2.25. The number of esters is 1. The fourth-order valence-corrected chi connectivity index (χ4v) is 4.69. The maximum absolute atomic E-state index is 12.7. The number of hydrogen-bond acceptors (Lipinski definition) is 9. The van der Waals surface area contributed by atoms with Gasteiger partial charge in [0.2, 0.25) is 5.88 Å². The zero-order valence-electron chi connectivity index (χ0n) is 21.0. The highest BCUT2D eigenvalue weighted by molar-refractivity contribution is 7.15. The second-order valence-electron chi connectivity index (χ2n) is 8.29. The topological polar surface area (TPSA) is 128 Å². The first-order valence-electron chi connectivity index (χ1n) is 11.7. The number of ether oxygens (including phenoxy) is 3. The molecule has 5 rings (SSSR count). The van der Waals surface area contributed by atoms with Crippen molar-refractivity contribution in [1.82, 2.24) is 9.38 Å². The van der Waals surface area contributed by atoms with E-state index in [4.69, 9.17) is 18.6 Å². The summed E-state index contributed by atoms with van der Waals surface area (Å²) in [7, 11) is 3.13. The molecule has 0 aliphatic rings. The number of nitrogens with zero attached hydrogens (tertiary/aromatic N) is 3. The number of methoxy groups -OCH3 is 2. The van der Waals surface area contributed by atoms with E-state index >= 15 is 0 Å². The van der Waals surface area contributed by atoms with Gasteiger partial charge in [0, 0.05) is 28.9 Å². The van der Waals surface area contributed by atoms with Crippen molar-refractivity contribution in [3.8, 4) is 40.0 Å². The molecule has 39 heavy (non-hydrogen) atoms. The molecule has 0 aliphatic carbocycles. The highest BCUT2D eigenvalue weighted by atomic mass is 32.1. The van der Waals surface area contributed by atoms with E-state index in [1.54, 1.807) is 73.3 Å². The monoisotopic (exact) mass is 542 g/mol. The number of amides is 1. The van der Waals surface area contributed by atoms with Gasteiger partial charge in [-0.05, 0) is 42.0 Å². The fourth-order valence-electron chi connectivity index (χ4n) is 3.97. The molecule has 2 aromatic carbocycles. The molecule has 10 nitrogen and oxygen atoms in total. The molecule has 0 fully saturated rings. The maximum Gasteiger partial charge on any atom is 0.312 e. The third kappa shape index (κ3) is 5.46. The van der Waals surface area contributed by atoms with Gasteiger partial charge in [0.1, 0.15) is 28.9 Å². The lowest BCUT2D eigenvalue weighted by molar-refractivity contribution is -0.146. The Morgan fingerprint density at radius 3 is 2.33 bits per heavy atom. The summed E-state index contributed by atoms with van der Waals surface area (Å²) in [5, 5.41) is 14.5. The zero-order valence-corrected chi connectivity index (χ0v) is 21.8. The summed E-state index contributed by atoms with van der Waals surface area (Å²) in [6, 6.07) is 16.4. The molecule has 1 N–H and O–H groups in total. The first kappa shape index (κ1) is 25.6. The molecule has 0 atom stereocenters. The van der Waals surface area contributed by atoms with Crippen LogP contribution in [0.25, 0.3) is 27.4 Å². The normalized spacial score (nSPS) is 10.7. The zero-order chi connectivity index (χ0) is 27.4. The van der Waals surface area contributed by atoms with Crippen molar-refractivity contribution in [3.05, 3.63) is 77.6 Å². The Hall–Kier alpha value is -5.08. The van der Waals surface area contributed by atoms with Crippen molar-refractivity contribution >= 4 is 34.1 Å². The van der Waals surface area contributed by atoms with E-state index in [2.05, 4.69) is 16.4 Å². The number of benzene rings is 2. The number of carbonyl (C=O) groups is 2. The van der Waals surface area contributed by atoms with Gasteiger partial charge in [-0.25, -0.2) is 4.98 Å². The third-order valence-corrected chi connectivity index (χ3v) is 6.61. The van der Waals surface area contributed by atoms with Crippen molar-refractivity contribution in [2.45, 2.75) is 6.42 Å². The minimum atomic E-state index is -0.651. The van der Waals surface area contributed by atoms with Gasteiger partial charge >= 0.3 is 5.97 Å². The quantitative estimate of drug-likeness (QED) is 0.260. The summed E-state index contributed by atoms with van der Waals surface area (Å²) in [4.78, 5) is 30.1. The molecule has 1 amide bonds. The molecule has 0 saturated heterocycles. The van der Waals surface area contributed by atoms with Crippen LogP contribution in [-0.2, 0) is 20.7 Å². The summed E-state index contributed by atoms with van der Waals surface area (Å²) in [6.07, 6.45) is 3.50. The number of nitriles is 1. The number of furan rings is 1. The second kappa shape index (κ2) is 11.1. The van der Waals surface area contributed by atoms with E-state index in [1.807, 2.05) is 11.6 Å². The molecule has 0 unspecified atom stereocenters. The van der Waals surface area contributed by atoms with Crippen LogP contribution in [0.5, 0.6) is 11.5 Å². The molecule has 3 aromatic heterocycles. The Balaban J connectivity index is 1.37. The van der Waals surface area contributed by atoms with Crippen molar-refractivity contribution in [2.75, 3.05) is 26.1 Å². The molecule has 0 spiro atoms. The lowest BCUT2D eigenvalue weighted by atomic mass is 9.98. The van der Waals surface area contributed by atoms with Crippen molar-refractivity contribution < 1.29 is 28.2 Å². The number of carbonyl (C=O) groups excluding carboxylic acids is 2. The van der Waals surface area contributed by atoms with E-state index < -0.39 is 18.5 Å². The summed E-state index contributed by atoms with van der Waals surface area (Å²) in [5.41, 5.74) is 2.53. The fraction of sp³-hybridized carbons (Fsp3) is 0.143. The molecular weight excluding hydrogens is 520 g/mol. The van der Waals surface area contributed by atoms with Crippen LogP contribution >= 0.6 is 11.3 Å². The lowest BCUT2D eigenvalue weighted by Gasteiger charge is -2.06. The number of imidazole rings is 1. The van der Waals surface area contributed by atoms with Crippen LogP contribution in [0.2, 0.25) is 0 Å². The average Bonchev–Trinajstić information content (AvgIpc) is 3.65. The highest BCUT2D eigenvalue weighted by Crippen LogP contribution is 2.42. The van der Waals surface area contributed by atoms with E-state index in [0.29, 0.717) is 39.6 Å². The maximum atomic E-state index is 12.7. The first-order valence-corrected chi connectivity index (χ1v) is 12.6. The van der Waals surface area contributed by atoms with Crippen LogP contribution in [0.15, 0.2) is 70.7 Å². The van der Waals surface area contributed by atoms with Crippen LogP contribution in [0, 0.1) is 11.3 Å². The summed E-state index contributed by atoms with van der Waals surface area (Å²) < 4.78 is 23.5. The molecule has 0 aliphatic heterocycles. The van der Waals surface area contributed by atoms with E-state index in [9.17, 15) is 14.9 Å². The lowest BCUT2D eigenvalue weighted by Crippen LogP contribution is -2.21. The smallest absolute Gasteiger partial charge is 0.312 e. The molecule has 196 valence electrons. The number of fused-ring (bicyclic) bond motifs is 1. The molecule has 0 radical (unpaired) electrons. The number of thiazole rings is 1. The Labute approximate surface area is 227 Å². The summed E-state index contributed by atoms with van der Waals surface area (Å²) in [6.45, 7) is -0.553. The number of anilines is 1. The van der Waals surface area contributed by atoms with Gasteiger partial charge in [0.05, 0.1) is 26.3 Å². The van der Waals surface area contributed by atoms with Gasteiger partial charge in [-0.3, -0.25) is 19.3 Å². The van der Waals surface area contributed by atoms with Crippen LogP contribution in [0.3, 0.4) is 0 Å². The summed E-state index contributed by atoms with van der Waals surface area (Å²) >= 11 is 1.45. The van der Waals surface area contributed by atoms with Crippen LogP contribution < -0.4 is 14.8 Å². The number of hydrogen-bond donors (Lipinski definition) is 1. The molecule has 11 heteroatoms. The predicted molar refractivity (Wildman–Crippen MR) is 144 cm³/mol. The minimum absolute atomic E-state index is 0.0514. The third-order valence-electron chi connectivity index (χ3n) is 5.84. The van der Waals surface area contributed by atoms with Gasteiger partial charge in [-0.2, -0.15) is 5.26 Å². The largest absolute Gasteiger partial charge is 0.497 e. The summed E-state index contributed by atoms with van der Waals surface area (Å²) in [5.74, 6) is 0.381. The predicted octanol–water partition coefficient (Wildman–Crippen LogP) is 4.94. The number of nitrogens with one attached hydrogen (secondary N) is 1. The molecule has 5 aromatic rings. The van der Waals surface area contributed by atoms with E-state index in [0.717, 1.165) is 4.96 Å². The van der Waals surface area contributed by atoms with Crippen molar-refractivity contribution in [1.29, 1.82) is 5.26 Å². The standard InChI is InChI=1S/C28H22N4O6S/c1-35-20-7-3-17(4-8-20)25-22(14-29)27(38-26(25)18-5-9-21(36-2)10-6-18)31-23(33)16-37-24(34)13-19-15-32-11-12-39-28(32)30-19/h3-12,15H,13,16H2,1-2H3,(H,31,33). The Morgan fingerprint density at radius 1 is 1.05 bits per heavy atom. The molecular formula is C28H22N4O6S. The number of aromatic nitrogens is 2. The average molecular weight is 543 g/mol. The first-order chi connectivity index (χ1) is 19.0. The van der Waals surface area contributed by atoms with Crippen LogP contribution in [0.4, 0.5) is 5.88 Å². The van der Waals surface area contributed by atoms with Crippen molar-refractivity contribution in [2.24, 2.45) is 0 Å². The van der Waals surface area contributed by atoms with Gasteiger partial charge in [0.25, 0.3) is 5.91 Å². The second-order valence-corrected chi connectivity index (χ2v) is 9.16.